The van der Waals surface area contributed by atoms with E-state index in [0.29, 0.717) is 5.56 Å². The predicted molar refractivity (Wildman–Crippen MR) is 49.4 cm³/mol. The van der Waals surface area contributed by atoms with Crippen LogP contribution in [0.4, 0.5) is 0 Å². The lowest BCUT2D eigenvalue weighted by atomic mass is 10.1. The third kappa shape index (κ3) is 1.04. The number of nitriles is 1. The molecule has 0 spiro atoms. The van der Waals surface area contributed by atoms with Crippen LogP contribution in [0.2, 0.25) is 0 Å². The van der Waals surface area contributed by atoms with Crippen molar-refractivity contribution in [3.8, 4) is 11.8 Å². The van der Waals surface area contributed by atoms with Crippen molar-refractivity contribution < 1.29 is 5.11 Å². The van der Waals surface area contributed by atoms with E-state index in [9.17, 15) is 5.11 Å². The van der Waals surface area contributed by atoms with Gasteiger partial charge in [-0.1, -0.05) is 0 Å². The number of aromatic amines is 1. The van der Waals surface area contributed by atoms with Gasteiger partial charge in [0, 0.05) is 16.6 Å². The number of benzene rings is 1. The summed E-state index contributed by atoms with van der Waals surface area (Å²) >= 11 is 0. The normalized spacial score (nSPS) is 10.2. The Morgan fingerprint density at radius 2 is 2.23 bits per heavy atom. The molecule has 3 heteroatoms. The maximum atomic E-state index is 9.24. The Morgan fingerprint density at radius 3 is 2.92 bits per heavy atom. The summed E-state index contributed by atoms with van der Waals surface area (Å²) in [5, 5.41) is 18.9. The van der Waals surface area contributed by atoms with Gasteiger partial charge < -0.3 is 10.1 Å². The van der Waals surface area contributed by atoms with Crippen molar-refractivity contribution in [3.63, 3.8) is 0 Å². The summed E-state index contributed by atoms with van der Waals surface area (Å²) in [6, 6.07) is 7.06. The molecule has 0 atom stereocenters. The first kappa shape index (κ1) is 7.69. The summed E-state index contributed by atoms with van der Waals surface area (Å²) < 4.78 is 0. The maximum absolute atomic E-state index is 9.24. The molecule has 3 nitrogen and oxygen atoms in total. The largest absolute Gasteiger partial charge is 0.508 e. The van der Waals surface area contributed by atoms with Crippen LogP contribution in [0.1, 0.15) is 11.3 Å². The van der Waals surface area contributed by atoms with Gasteiger partial charge in [-0.25, -0.2) is 0 Å². The minimum atomic E-state index is 0.183. The molecule has 0 amide bonds. The molecule has 0 unspecified atom stereocenters. The molecular formula is C10H8N2O. The van der Waals surface area contributed by atoms with E-state index in [0.717, 1.165) is 16.6 Å². The van der Waals surface area contributed by atoms with Crippen molar-refractivity contribution in [2.75, 3.05) is 0 Å². The fourth-order valence-corrected chi connectivity index (χ4v) is 1.46. The van der Waals surface area contributed by atoms with Crippen LogP contribution in [0.3, 0.4) is 0 Å². The molecule has 2 aromatic rings. The van der Waals surface area contributed by atoms with Crippen LogP contribution in [0.25, 0.3) is 10.9 Å². The van der Waals surface area contributed by atoms with Crippen LogP contribution in [0.5, 0.6) is 5.75 Å². The van der Waals surface area contributed by atoms with Crippen LogP contribution in [0, 0.1) is 18.3 Å². The van der Waals surface area contributed by atoms with Crippen LogP contribution in [0.15, 0.2) is 18.2 Å². The monoisotopic (exact) mass is 172 g/mol. The van der Waals surface area contributed by atoms with E-state index in [2.05, 4.69) is 11.1 Å². The summed E-state index contributed by atoms with van der Waals surface area (Å²) in [6.45, 7) is 1.84. The number of rotatable bonds is 0. The number of nitrogens with one attached hydrogen (secondary N) is 1. The fraction of sp³-hybridized carbons (Fsp3) is 0.100. The number of aromatic nitrogens is 1. The van der Waals surface area contributed by atoms with Gasteiger partial charge in [0.2, 0.25) is 0 Å². The molecule has 0 bridgehead atoms. The van der Waals surface area contributed by atoms with E-state index in [4.69, 9.17) is 5.26 Å². The Morgan fingerprint density at radius 1 is 1.46 bits per heavy atom. The number of phenolic OH excluding ortho intramolecular Hbond substituents is 1. The maximum Gasteiger partial charge on any atom is 0.116 e. The first-order valence-corrected chi connectivity index (χ1v) is 3.94. The summed E-state index contributed by atoms with van der Waals surface area (Å²) in [4.78, 5) is 3.07. The Hall–Kier alpha value is -1.95. The highest BCUT2D eigenvalue weighted by atomic mass is 16.3. The van der Waals surface area contributed by atoms with Gasteiger partial charge in [-0.05, 0) is 25.1 Å². The number of aryl methyl sites for hydroxylation is 1. The van der Waals surface area contributed by atoms with Gasteiger partial charge in [-0.2, -0.15) is 5.26 Å². The molecule has 0 radical (unpaired) electrons. The molecule has 0 aliphatic carbocycles. The van der Waals surface area contributed by atoms with Crippen molar-refractivity contribution in [1.29, 1.82) is 5.26 Å². The first-order valence-electron chi connectivity index (χ1n) is 3.94. The number of nitrogens with zero attached hydrogens (tertiary/aromatic N) is 1. The van der Waals surface area contributed by atoms with Gasteiger partial charge in [0.1, 0.15) is 11.8 Å². The van der Waals surface area contributed by atoms with Crippen LogP contribution >= 0.6 is 0 Å². The summed E-state index contributed by atoms with van der Waals surface area (Å²) in [6.07, 6.45) is 0. The summed E-state index contributed by atoms with van der Waals surface area (Å²) in [5.41, 5.74) is 2.32. The summed E-state index contributed by atoms with van der Waals surface area (Å²) in [7, 11) is 0. The molecule has 64 valence electrons. The Labute approximate surface area is 75.2 Å². The zero-order valence-corrected chi connectivity index (χ0v) is 7.13. The second kappa shape index (κ2) is 2.53. The fourth-order valence-electron chi connectivity index (χ4n) is 1.46. The molecule has 2 rings (SSSR count). The zero-order chi connectivity index (χ0) is 9.42. The minimum absolute atomic E-state index is 0.183. The van der Waals surface area contributed by atoms with Crippen LogP contribution < -0.4 is 0 Å². The second-order valence-electron chi connectivity index (χ2n) is 2.97. The van der Waals surface area contributed by atoms with Gasteiger partial charge in [0.05, 0.1) is 5.56 Å². The molecule has 1 aromatic heterocycles. The molecule has 0 aliphatic heterocycles. The number of hydrogen-bond acceptors (Lipinski definition) is 2. The molecule has 1 heterocycles. The van der Waals surface area contributed by atoms with Crippen molar-refractivity contribution in [2.24, 2.45) is 0 Å². The highest BCUT2D eigenvalue weighted by Gasteiger charge is 2.07. The Kier molecular flexibility index (Phi) is 1.49. The Bertz CT molecular complexity index is 505. The molecule has 0 saturated carbocycles. The smallest absolute Gasteiger partial charge is 0.116 e. The SMILES string of the molecule is Cc1[nH]c2ccc(O)cc2c1C#N. The quantitative estimate of drug-likeness (QED) is 0.638. The van der Waals surface area contributed by atoms with E-state index >= 15 is 0 Å². The third-order valence-electron chi connectivity index (χ3n) is 2.08. The Balaban J connectivity index is 2.91. The lowest BCUT2D eigenvalue weighted by molar-refractivity contribution is 0.476. The van der Waals surface area contributed by atoms with Crippen molar-refractivity contribution in [1.82, 2.24) is 4.98 Å². The highest BCUT2D eigenvalue weighted by Crippen LogP contribution is 2.24. The lowest BCUT2D eigenvalue weighted by Crippen LogP contribution is -1.73. The van der Waals surface area contributed by atoms with Gasteiger partial charge >= 0.3 is 0 Å². The number of fused-ring (bicyclic) bond motifs is 1. The van der Waals surface area contributed by atoms with Crippen molar-refractivity contribution >= 4 is 10.9 Å². The summed E-state index contributed by atoms with van der Waals surface area (Å²) in [5.74, 6) is 0.183. The van der Waals surface area contributed by atoms with Crippen LogP contribution in [-0.2, 0) is 0 Å². The molecule has 0 aliphatic rings. The predicted octanol–water partition coefficient (Wildman–Crippen LogP) is 2.05. The number of H-pyrrole nitrogens is 1. The number of phenols is 1. The standard InChI is InChI=1S/C10H8N2O/c1-6-9(5-11)8-4-7(13)2-3-10(8)12-6/h2-4,12-13H,1H3. The molecular weight excluding hydrogens is 164 g/mol. The first-order chi connectivity index (χ1) is 6.22. The zero-order valence-electron chi connectivity index (χ0n) is 7.13. The molecule has 1 aromatic carbocycles. The van der Waals surface area contributed by atoms with E-state index in [-0.39, 0.29) is 5.75 Å². The number of aromatic hydroxyl groups is 1. The van der Waals surface area contributed by atoms with Gasteiger partial charge in [0.25, 0.3) is 0 Å². The van der Waals surface area contributed by atoms with Gasteiger partial charge in [-0.15, -0.1) is 0 Å². The van der Waals surface area contributed by atoms with Gasteiger partial charge in [-0.3, -0.25) is 0 Å². The average Bonchev–Trinajstić information content (AvgIpc) is 2.40. The number of hydrogen-bond donors (Lipinski definition) is 2. The lowest BCUT2D eigenvalue weighted by Gasteiger charge is -1.91. The molecule has 0 fully saturated rings. The minimum Gasteiger partial charge on any atom is -0.508 e. The molecule has 13 heavy (non-hydrogen) atoms. The van der Waals surface area contributed by atoms with Gasteiger partial charge in [0.15, 0.2) is 0 Å². The second-order valence-corrected chi connectivity index (χ2v) is 2.97. The third-order valence-corrected chi connectivity index (χ3v) is 2.08. The highest BCUT2D eigenvalue weighted by molar-refractivity contribution is 5.88. The van der Waals surface area contributed by atoms with Crippen molar-refractivity contribution in [2.45, 2.75) is 6.92 Å². The topological polar surface area (TPSA) is 59.8 Å². The average molecular weight is 172 g/mol. The van der Waals surface area contributed by atoms with Crippen molar-refractivity contribution in [3.05, 3.63) is 29.5 Å². The molecule has 2 N–H and O–H groups in total. The molecule has 0 saturated heterocycles. The van der Waals surface area contributed by atoms with E-state index in [1.54, 1.807) is 18.2 Å². The van der Waals surface area contributed by atoms with E-state index in [1.807, 2.05) is 6.92 Å². The van der Waals surface area contributed by atoms with E-state index in [1.165, 1.54) is 0 Å². The van der Waals surface area contributed by atoms with Crippen LogP contribution in [-0.4, -0.2) is 10.1 Å². The van der Waals surface area contributed by atoms with E-state index < -0.39 is 0 Å².